The number of rotatable bonds is 8. The Morgan fingerprint density at radius 1 is 0.638 bits per heavy atom. The summed E-state index contributed by atoms with van der Waals surface area (Å²) < 4.78 is 21.4. The van der Waals surface area contributed by atoms with Crippen LogP contribution in [-0.2, 0) is 30.7 Å². The molecule has 3 aromatic carbocycles. The summed E-state index contributed by atoms with van der Waals surface area (Å²) in [6.45, 7) is 21.5. The minimum Gasteiger partial charge on any atom is -0.493 e. The molecule has 1 unspecified atom stereocenters. The minimum absolute atomic E-state index is 0. The van der Waals surface area contributed by atoms with Gasteiger partial charge in [-0.05, 0) is 133 Å². The van der Waals surface area contributed by atoms with Crippen LogP contribution >= 0.6 is 0 Å². The summed E-state index contributed by atoms with van der Waals surface area (Å²) in [5.41, 5.74) is 6.30. The van der Waals surface area contributed by atoms with Crippen molar-refractivity contribution in [3.05, 3.63) is 76.9 Å². The lowest BCUT2D eigenvalue weighted by atomic mass is 9.85. The normalized spacial score (nSPS) is 18.6. The van der Waals surface area contributed by atoms with Crippen LogP contribution in [0.5, 0.6) is 23.0 Å². The maximum atomic E-state index is 12.4. The molecule has 4 aliphatic heterocycles. The number of carbonyl (C=O) groups is 1. The van der Waals surface area contributed by atoms with Gasteiger partial charge in [0.05, 0.1) is 35.1 Å². The van der Waals surface area contributed by atoms with Crippen molar-refractivity contribution in [2.75, 3.05) is 59.6 Å². The molecule has 10 nitrogen and oxygen atoms in total. The van der Waals surface area contributed by atoms with Crippen molar-refractivity contribution < 1.29 is 23.7 Å². The predicted molar refractivity (Wildman–Crippen MR) is 243 cm³/mol. The summed E-state index contributed by atoms with van der Waals surface area (Å²) in [7, 11) is 6.76. The molecule has 1 spiro atoms. The van der Waals surface area contributed by atoms with E-state index in [0.717, 1.165) is 87.1 Å². The fourth-order valence-electron chi connectivity index (χ4n) is 8.57. The summed E-state index contributed by atoms with van der Waals surface area (Å²) in [5, 5.41) is 3.04. The maximum Gasteiger partial charge on any atom is 0.247 e. The topological polar surface area (TPSA) is 79.0 Å². The summed E-state index contributed by atoms with van der Waals surface area (Å²) in [6.07, 6.45) is 3.99. The van der Waals surface area contributed by atoms with E-state index in [1.807, 2.05) is 18.2 Å². The van der Waals surface area contributed by atoms with Crippen LogP contribution in [0.15, 0.2) is 54.6 Å². The van der Waals surface area contributed by atoms with Gasteiger partial charge in [0, 0.05) is 62.6 Å². The molecule has 1 N–H and O–H groups in total. The Morgan fingerprint density at radius 3 is 1.60 bits per heavy atom. The van der Waals surface area contributed by atoms with Crippen molar-refractivity contribution in [3.8, 4) is 23.0 Å². The molecule has 0 aromatic heterocycles. The van der Waals surface area contributed by atoms with Crippen LogP contribution in [-0.4, -0.2) is 105 Å². The number of ether oxygens (including phenoxy) is 4. The lowest BCUT2D eigenvalue weighted by Crippen LogP contribution is -2.57. The Balaban J connectivity index is 0.000000294. The van der Waals surface area contributed by atoms with Gasteiger partial charge in [-0.15, -0.1) is 0 Å². The van der Waals surface area contributed by atoms with E-state index >= 15 is 0 Å². The molecule has 1 atom stereocenters. The van der Waals surface area contributed by atoms with E-state index < -0.39 is 0 Å². The van der Waals surface area contributed by atoms with Gasteiger partial charge in [-0.25, -0.2) is 0 Å². The zero-order valence-corrected chi connectivity index (χ0v) is 35.4. The van der Waals surface area contributed by atoms with Crippen molar-refractivity contribution in [2.45, 2.75) is 139 Å². The van der Waals surface area contributed by atoms with Gasteiger partial charge < -0.3 is 34.1 Å². The van der Waals surface area contributed by atoms with Gasteiger partial charge in [0.15, 0.2) is 23.0 Å². The van der Waals surface area contributed by atoms with Crippen LogP contribution in [0.25, 0.3) is 0 Å². The summed E-state index contributed by atoms with van der Waals surface area (Å²) in [5.74, 6) is 3.53. The number of hydrogen-bond acceptors (Lipinski definition) is 9. The van der Waals surface area contributed by atoms with Crippen LogP contribution in [0.1, 0.15) is 106 Å². The number of benzene rings is 3. The van der Waals surface area contributed by atoms with E-state index in [1.165, 1.54) is 22.3 Å². The Kier molecular flexibility index (Phi) is 19.4. The Labute approximate surface area is 353 Å². The second-order valence-corrected chi connectivity index (χ2v) is 16.2. The van der Waals surface area contributed by atoms with Crippen LogP contribution in [0.4, 0.5) is 5.69 Å². The van der Waals surface area contributed by atoms with Gasteiger partial charge in [-0.3, -0.25) is 14.6 Å². The molecule has 0 bridgehead atoms. The monoisotopic (exact) mass is 806 g/mol. The highest BCUT2D eigenvalue weighted by molar-refractivity contribution is 5.93. The molecule has 0 saturated carbocycles. The lowest BCUT2D eigenvalue weighted by molar-refractivity contribution is -0.125. The molecule has 2 fully saturated rings. The second kappa shape index (κ2) is 22.4. The Hall–Kier alpha value is -3.99. The lowest BCUT2D eigenvalue weighted by Gasteiger charge is -2.44. The molecule has 0 aliphatic carbocycles. The largest absolute Gasteiger partial charge is 0.493 e. The van der Waals surface area contributed by atoms with Crippen molar-refractivity contribution in [1.82, 2.24) is 20.0 Å². The molecular formula is C48H79N5O5. The van der Waals surface area contributed by atoms with Gasteiger partial charge in [0.1, 0.15) is 5.54 Å². The highest BCUT2D eigenvalue weighted by atomic mass is 16.5. The van der Waals surface area contributed by atoms with Crippen LogP contribution < -0.4 is 29.2 Å². The number of hydrogen-bond donors (Lipinski definition) is 1. The molecule has 2 saturated heterocycles. The zero-order valence-electron chi connectivity index (χ0n) is 35.4. The molecule has 4 heterocycles. The molecular weight excluding hydrogens is 727 g/mol. The number of nitrogens with zero attached hydrogens (tertiary/aromatic N) is 4. The predicted octanol–water partition coefficient (Wildman–Crippen LogP) is 9.06. The molecule has 1 amide bonds. The third kappa shape index (κ3) is 11.2. The fraction of sp³-hybridized carbons (Fsp3) is 0.604. The zero-order chi connectivity index (χ0) is 39.9. The van der Waals surface area contributed by atoms with Gasteiger partial charge in [-0.1, -0.05) is 40.5 Å². The first kappa shape index (κ1) is 50.2. The molecule has 10 heteroatoms. The standard InChI is InChI=1S/C16H23N3O.C15H23NO2.C14H21NO2.3CH4/c1-13(2)18-10-8-16(9-11-18)15(20)17-12-19(16)14-6-4-3-5-7-14;1-10(2)16-9-13-8-15(18-5)14(17-4)7-12(13)6-11(16)3;1-10(2)15-6-5-11-7-13(16-3)14(17-4)8-12(11)9-15;;;/h3-7,13H,8-12H2,1-2H3,(H,17,20);7-8,10-11H,6,9H2,1-5H3;7-8,10H,5-6,9H2,1-4H3;3*1H4. The average Bonchev–Trinajstić information content (AvgIpc) is 3.50. The number of nitrogens with one attached hydrogen (secondary N) is 1. The van der Waals surface area contributed by atoms with Crippen molar-refractivity contribution in [2.24, 2.45) is 0 Å². The first-order chi connectivity index (χ1) is 26.3. The fourth-order valence-corrected chi connectivity index (χ4v) is 8.57. The molecule has 58 heavy (non-hydrogen) atoms. The molecule has 326 valence electrons. The number of fused-ring (bicyclic) bond motifs is 2. The van der Waals surface area contributed by atoms with E-state index in [1.54, 1.807) is 28.4 Å². The minimum atomic E-state index is -0.341. The number of carbonyl (C=O) groups excluding carboxylic acids is 1. The van der Waals surface area contributed by atoms with E-state index in [2.05, 4.69) is 110 Å². The molecule has 4 aliphatic rings. The van der Waals surface area contributed by atoms with E-state index in [0.29, 0.717) is 30.8 Å². The van der Waals surface area contributed by atoms with E-state index in [4.69, 9.17) is 18.9 Å². The van der Waals surface area contributed by atoms with E-state index in [-0.39, 0.29) is 33.7 Å². The summed E-state index contributed by atoms with van der Waals surface area (Å²) in [4.78, 5) is 22.2. The number of likely N-dealkylation sites (tertiary alicyclic amines) is 1. The van der Waals surface area contributed by atoms with Crippen LogP contribution in [0, 0.1) is 0 Å². The average molecular weight is 806 g/mol. The highest BCUT2D eigenvalue weighted by Crippen LogP contribution is 2.38. The number of amides is 1. The van der Waals surface area contributed by atoms with Crippen LogP contribution in [0.2, 0.25) is 0 Å². The maximum absolute atomic E-state index is 12.4. The Bertz CT molecular complexity index is 1710. The smallest absolute Gasteiger partial charge is 0.247 e. The number of methoxy groups -OCH3 is 4. The first-order valence-electron chi connectivity index (χ1n) is 20.2. The van der Waals surface area contributed by atoms with Gasteiger partial charge in [0.2, 0.25) is 5.91 Å². The molecule has 3 aromatic rings. The Morgan fingerprint density at radius 2 is 1.12 bits per heavy atom. The SMILES string of the molecule is C.C.C.CC(C)N1CCC2(CC1)C(=O)NCN2c1ccccc1.COc1cc2c(cc1OC)CN(C(C)C)C(C)C2.COc1cc2c(cc1OC)CN(C(C)C)CC2. The quantitative estimate of drug-likeness (QED) is 0.240. The highest BCUT2D eigenvalue weighted by Gasteiger charge is 2.50. The van der Waals surface area contributed by atoms with Crippen molar-refractivity contribution in [1.29, 1.82) is 0 Å². The van der Waals surface area contributed by atoms with Gasteiger partial charge >= 0.3 is 0 Å². The first-order valence-corrected chi connectivity index (χ1v) is 20.2. The number of para-hydroxylation sites is 1. The van der Waals surface area contributed by atoms with Crippen LogP contribution in [0.3, 0.4) is 0 Å². The van der Waals surface area contributed by atoms with E-state index in [9.17, 15) is 4.79 Å². The van der Waals surface area contributed by atoms with Gasteiger partial charge in [0.25, 0.3) is 0 Å². The van der Waals surface area contributed by atoms with Crippen molar-refractivity contribution >= 4 is 11.6 Å². The molecule has 7 rings (SSSR count). The second-order valence-electron chi connectivity index (χ2n) is 16.2. The summed E-state index contributed by atoms with van der Waals surface area (Å²) >= 11 is 0. The van der Waals surface area contributed by atoms with Gasteiger partial charge in [-0.2, -0.15) is 0 Å². The third-order valence-corrected chi connectivity index (χ3v) is 12.0. The summed E-state index contributed by atoms with van der Waals surface area (Å²) in [6, 6.07) is 21.1. The number of piperidine rings is 1. The number of anilines is 1. The third-order valence-electron chi connectivity index (χ3n) is 12.0. The molecule has 0 radical (unpaired) electrons. The van der Waals surface area contributed by atoms with Crippen molar-refractivity contribution in [3.63, 3.8) is 0 Å².